The summed E-state index contributed by atoms with van der Waals surface area (Å²) in [5.41, 5.74) is 5.47. The first kappa shape index (κ1) is 14.9. The predicted molar refractivity (Wildman–Crippen MR) is 68.3 cm³/mol. The number of piperidine rings is 1. The minimum atomic E-state index is -4.21. The summed E-state index contributed by atoms with van der Waals surface area (Å²) in [7, 11) is 0. The first-order chi connectivity index (χ1) is 9.29. The Morgan fingerprint density at radius 2 is 1.95 bits per heavy atom. The van der Waals surface area contributed by atoms with Gasteiger partial charge in [-0.15, -0.1) is 0 Å². The van der Waals surface area contributed by atoms with Crippen LogP contribution in [0.4, 0.5) is 19.0 Å². The number of nitrogens with two attached hydrogens (primary N) is 1. The average Bonchev–Trinajstić information content (AvgIpc) is 2.40. The molecule has 0 atom stereocenters. The van der Waals surface area contributed by atoms with Crippen molar-refractivity contribution in [3.05, 3.63) is 22.8 Å². The summed E-state index contributed by atoms with van der Waals surface area (Å²) in [6.45, 7) is 0.0750. The SMILES string of the molecule is Nc1ccc(Cl)c(C(=O)N2CCC(C(F)(F)F)CC2)n1. The fraction of sp³-hybridized carbons (Fsp3) is 0.500. The maximum Gasteiger partial charge on any atom is 0.391 e. The summed E-state index contributed by atoms with van der Waals surface area (Å²) in [5, 5.41) is 0.141. The van der Waals surface area contributed by atoms with Crippen LogP contribution in [0.25, 0.3) is 0 Å². The van der Waals surface area contributed by atoms with E-state index in [1.165, 1.54) is 17.0 Å². The molecule has 1 amide bonds. The average molecular weight is 308 g/mol. The summed E-state index contributed by atoms with van der Waals surface area (Å²) in [6.07, 6.45) is -4.41. The van der Waals surface area contributed by atoms with Crippen LogP contribution in [0.2, 0.25) is 5.02 Å². The summed E-state index contributed by atoms with van der Waals surface area (Å²) in [4.78, 5) is 17.3. The highest BCUT2D eigenvalue weighted by atomic mass is 35.5. The van der Waals surface area contributed by atoms with Gasteiger partial charge in [0.1, 0.15) is 11.5 Å². The van der Waals surface area contributed by atoms with Gasteiger partial charge in [0.15, 0.2) is 0 Å². The number of pyridine rings is 1. The maximum atomic E-state index is 12.6. The van der Waals surface area contributed by atoms with Crippen LogP contribution in [0, 0.1) is 5.92 Å². The van der Waals surface area contributed by atoms with Crippen LogP contribution >= 0.6 is 11.6 Å². The van der Waals surface area contributed by atoms with Gasteiger partial charge in [0.25, 0.3) is 5.91 Å². The van der Waals surface area contributed by atoms with Gasteiger partial charge in [-0.2, -0.15) is 13.2 Å². The number of likely N-dealkylation sites (tertiary alicyclic amines) is 1. The van der Waals surface area contributed by atoms with Gasteiger partial charge in [-0.3, -0.25) is 4.79 Å². The number of rotatable bonds is 1. The molecule has 0 bridgehead atoms. The molecule has 1 aromatic heterocycles. The van der Waals surface area contributed by atoms with Gasteiger partial charge in [-0.25, -0.2) is 4.98 Å². The number of nitrogen functional groups attached to an aromatic ring is 1. The molecule has 110 valence electrons. The number of carbonyl (C=O) groups is 1. The number of hydrogen-bond acceptors (Lipinski definition) is 3. The molecule has 2 heterocycles. The molecule has 0 saturated carbocycles. The number of carbonyl (C=O) groups excluding carboxylic acids is 1. The molecule has 0 spiro atoms. The molecule has 1 aliphatic rings. The van der Waals surface area contributed by atoms with Crippen molar-refractivity contribution in [2.24, 2.45) is 5.92 Å². The number of amides is 1. The normalized spacial score (nSPS) is 17.3. The summed E-state index contributed by atoms with van der Waals surface area (Å²) >= 11 is 5.87. The van der Waals surface area contributed by atoms with E-state index >= 15 is 0 Å². The predicted octanol–water partition coefficient (Wildman–Crippen LogP) is 2.73. The zero-order chi connectivity index (χ0) is 14.9. The van der Waals surface area contributed by atoms with Crippen LogP contribution in [0.15, 0.2) is 12.1 Å². The monoisotopic (exact) mass is 307 g/mol. The Labute approximate surface area is 118 Å². The van der Waals surface area contributed by atoms with E-state index in [0.717, 1.165) is 0 Å². The lowest BCUT2D eigenvalue weighted by atomic mass is 9.96. The fourth-order valence-corrected chi connectivity index (χ4v) is 2.35. The maximum absolute atomic E-state index is 12.6. The van der Waals surface area contributed by atoms with Crippen molar-refractivity contribution >= 4 is 23.3 Å². The molecular weight excluding hydrogens is 295 g/mol. The van der Waals surface area contributed by atoms with Crippen LogP contribution in [-0.2, 0) is 0 Å². The third kappa shape index (κ3) is 3.15. The summed E-state index contributed by atoms with van der Waals surface area (Å²) < 4.78 is 37.7. The number of hydrogen-bond donors (Lipinski definition) is 1. The van der Waals surface area contributed by atoms with Crippen LogP contribution in [0.1, 0.15) is 23.3 Å². The molecule has 8 heteroatoms. The van der Waals surface area contributed by atoms with E-state index in [2.05, 4.69) is 4.98 Å². The van der Waals surface area contributed by atoms with E-state index < -0.39 is 18.0 Å². The van der Waals surface area contributed by atoms with Crippen molar-refractivity contribution in [2.75, 3.05) is 18.8 Å². The highest BCUT2D eigenvalue weighted by molar-refractivity contribution is 6.33. The molecule has 1 saturated heterocycles. The highest BCUT2D eigenvalue weighted by Crippen LogP contribution is 2.34. The molecule has 20 heavy (non-hydrogen) atoms. The number of halogens is 4. The van der Waals surface area contributed by atoms with E-state index in [0.29, 0.717) is 0 Å². The Bertz CT molecular complexity index is 513. The van der Waals surface area contributed by atoms with Crippen molar-refractivity contribution in [3.8, 4) is 0 Å². The Hall–Kier alpha value is -1.50. The lowest BCUT2D eigenvalue weighted by Crippen LogP contribution is -2.42. The molecule has 2 N–H and O–H groups in total. The van der Waals surface area contributed by atoms with Crippen LogP contribution < -0.4 is 5.73 Å². The topological polar surface area (TPSA) is 59.2 Å². The first-order valence-corrected chi connectivity index (χ1v) is 6.45. The fourth-order valence-electron chi connectivity index (χ4n) is 2.17. The molecule has 0 aromatic carbocycles. The summed E-state index contributed by atoms with van der Waals surface area (Å²) in [6, 6.07) is 2.90. The second kappa shape index (κ2) is 5.47. The van der Waals surface area contributed by atoms with Gasteiger partial charge in [-0.05, 0) is 25.0 Å². The Morgan fingerprint density at radius 1 is 1.35 bits per heavy atom. The minimum absolute atomic E-state index is 0.0166. The van der Waals surface area contributed by atoms with Gasteiger partial charge >= 0.3 is 6.18 Å². The molecule has 1 fully saturated rings. The van der Waals surface area contributed by atoms with Crippen molar-refractivity contribution < 1.29 is 18.0 Å². The second-order valence-corrected chi connectivity index (χ2v) is 5.08. The Balaban J connectivity index is 2.07. The Morgan fingerprint density at radius 3 is 2.50 bits per heavy atom. The second-order valence-electron chi connectivity index (χ2n) is 4.67. The third-order valence-corrected chi connectivity index (χ3v) is 3.62. The van der Waals surface area contributed by atoms with Gasteiger partial charge < -0.3 is 10.6 Å². The van der Waals surface area contributed by atoms with Crippen LogP contribution in [0.5, 0.6) is 0 Å². The largest absolute Gasteiger partial charge is 0.391 e. The molecular formula is C12H13ClF3N3O. The standard InChI is InChI=1S/C12H13ClF3N3O/c13-8-1-2-9(17)18-10(8)11(20)19-5-3-7(4-6-19)12(14,15)16/h1-2,7H,3-6H2,(H2,17,18). The molecule has 0 aliphatic carbocycles. The molecule has 4 nitrogen and oxygen atoms in total. The number of nitrogens with zero attached hydrogens (tertiary/aromatic N) is 2. The molecule has 0 unspecified atom stereocenters. The number of anilines is 1. The number of alkyl halides is 3. The third-order valence-electron chi connectivity index (χ3n) is 3.32. The van der Waals surface area contributed by atoms with Gasteiger partial charge in [-0.1, -0.05) is 11.6 Å². The molecule has 1 aromatic rings. The van der Waals surface area contributed by atoms with E-state index in [9.17, 15) is 18.0 Å². The van der Waals surface area contributed by atoms with E-state index in [4.69, 9.17) is 17.3 Å². The lowest BCUT2D eigenvalue weighted by molar-refractivity contribution is -0.183. The van der Waals surface area contributed by atoms with Crippen molar-refractivity contribution in [2.45, 2.75) is 19.0 Å². The van der Waals surface area contributed by atoms with Crippen molar-refractivity contribution in [1.29, 1.82) is 0 Å². The molecule has 1 aliphatic heterocycles. The van der Waals surface area contributed by atoms with E-state index in [1.54, 1.807) is 0 Å². The Kier molecular flexibility index (Phi) is 4.08. The first-order valence-electron chi connectivity index (χ1n) is 6.07. The quantitative estimate of drug-likeness (QED) is 0.868. The van der Waals surface area contributed by atoms with Crippen LogP contribution in [-0.4, -0.2) is 35.1 Å². The van der Waals surface area contributed by atoms with E-state index in [1.807, 2.05) is 0 Å². The van der Waals surface area contributed by atoms with Gasteiger partial charge in [0, 0.05) is 13.1 Å². The van der Waals surface area contributed by atoms with Crippen molar-refractivity contribution in [3.63, 3.8) is 0 Å². The zero-order valence-electron chi connectivity index (χ0n) is 10.5. The van der Waals surface area contributed by atoms with Gasteiger partial charge in [0.05, 0.1) is 10.9 Å². The highest BCUT2D eigenvalue weighted by Gasteiger charge is 2.42. The lowest BCUT2D eigenvalue weighted by Gasteiger charge is -2.32. The molecule has 2 rings (SSSR count). The van der Waals surface area contributed by atoms with Crippen LogP contribution in [0.3, 0.4) is 0 Å². The zero-order valence-corrected chi connectivity index (χ0v) is 11.2. The summed E-state index contributed by atoms with van der Waals surface area (Å²) in [5.74, 6) is -1.69. The minimum Gasteiger partial charge on any atom is -0.384 e. The van der Waals surface area contributed by atoms with E-state index in [-0.39, 0.29) is 42.5 Å². The smallest absolute Gasteiger partial charge is 0.384 e. The molecule has 0 radical (unpaired) electrons. The van der Waals surface area contributed by atoms with Gasteiger partial charge in [0.2, 0.25) is 0 Å². The number of aromatic nitrogens is 1. The van der Waals surface area contributed by atoms with Crippen molar-refractivity contribution in [1.82, 2.24) is 9.88 Å².